The van der Waals surface area contributed by atoms with E-state index in [2.05, 4.69) is 43.1 Å². The molecule has 0 aliphatic carbocycles. The first-order valence-electron chi connectivity index (χ1n) is 13.7. The number of aliphatic hydroxyl groups excluding tert-OH is 2. The van der Waals surface area contributed by atoms with E-state index in [1.54, 1.807) is 0 Å². The van der Waals surface area contributed by atoms with Crippen LogP contribution < -0.4 is 0 Å². The van der Waals surface area contributed by atoms with Crippen LogP contribution in [0.4, 0.5) is 8.78 Å². The monoisotopic (exact) mass is 641 g/mol. The standard InChI is InChI=1S/C25H28ClF2N3OS.C4H6O6/c1-16(2)19-6-4-5-7-21(19)31-14-18(17(3)29-31)13-30-10-8-24(9-11-30)23-20(12-22(26)33-23)25(27,28)15-32-24;5-1(3(7)8)2(6)4(9)10/h4-7,12,14,16H,8-11,13,15H2,1-3H3;1-2,5-6H,(H,7,8)(H,9,10)/t;1-,2-/m.1/s1. The Hall–Kier alpha value is -2.94. The topological polar surface area (TPSA) is 145 Å². The van der Waals surface area contributed by atoms with E-state index in [1.165, 1.54) is 28.5 Å². The predicted octanol–water partition coefficient (Wildman–Crippen LogP) is 4.51. The number of alkyl halides is 2. The Morgan fingerprint density at radius 3 is 2.30 bits per heavy atom. The Bertz CT molecular complexity index is 1450. The summed E-state index contributed by atoms with van der Waals surface area (Å²) >= 11 is 7.37. The molecular formula is C29H34ClF2N3O7S. The number of ether oxygens (including phenoxy) is 1. The van der Waals surface area contributed by atoms with E-state index in [-0.39, 0.29) is 5.56 Å². The summed E-state index contributed by atoms with van der Waals surface area (Å²) in [7, 11) is 0. The van der Waals surface area contributed by atoms with Gasteiger partial charge >= 0.3 is 11.9 Å². The van der Waals surface area contributed by atoms with Crippen molar-refractivity contribution in [3.8, 4) is 5.69 Å². The first-order chi connectivity index (χ1) is 20.1. The number of rotatable bonds is 7. The molecule has 2 aliphatic rings. The summed E-state index contributed by atoms with van der Waals surface area (Å²) in [6.45, 7) is 8.17. The van der Waals surface area contributed by atoms with E-state index in [4.69, 9.17) is 41.9 Å². The maximum atomic E-state index is 14.4. The van der Waals surface area contributed by atoms with Crippen LogP contribution in [0.3, 0.4) is 0 Å². The lowest BCUT2D eigenvalue weighted by molar-refractivity contribution is -0.182. The number of aliphatic hydroxyl groups is 2. The van der Waals surface area contributed by atoms with E-state index in [0.29, 0.717) is 28.0 Å². The number of aryl methyl sites for hydroxylation is 1. The van der Waals surface area contributed by atoms with Crippen molar-refractivity contribution >= 4 is 34.9 Å². The Morgan fingerprint density at radius 2 is 1.72 bits per heavy atom. The average molecular weight is 642 g/mol. The van der Waals surface area contributed by atoms with Crippen molar-refractivity contribution in [1.29, 1.82) is 0 Å². The number of likely N-dealkylation sites (tertiary alicyclic amines) is 1. The molecule has 1 saturated heterocycles. The molecular weight excluding hydrogens is 608 g/mol. The molecule has 14 heteroatoms. The lowest BCUT2D eigenvalue weighted by Gasteiger charge is -2.45. The Kier molecular flexibility index (Phi) is 9.94. The number of aromatic nitrogens is 2. The van der Waals surface area contributed by atoms with Gasteiger partial charge in [0, 0.05) is 41.8 Å². The fourth-order valence-electron chi connectivity index (χ4n) is 5.26. The largest absolute Gasteiger partial charge is 0.479 e. The second-order valence-corrected chi connectivity index (χ2v) is 12.7. The zero-order chi connectivity index (χ0) is 31.7. The number of benzene rings is 1. The molecule has 0 radical (unpaired) electrons. The molecule has 1 fully saturated rings. The summed E-state index contributed by atoms with van der Waals surface area (Å²) in [5, 5.41) is 37.3. The van der Waals surface area contributed by atoms with Gasteiger partial charge in [0.15, 0.2) is 12.2 Å². The molecule has 2 aliphatic heterocycles. The number of aliphatic carboxylic acids is 2. The molecule has 234 valence electrons. The van der Waals surface area contributed by atoms with Crippen LogP contribution in [0.15, 0.2) is 36.5 Å². The minimum atomic E-state index is -2.97. The molecule has 1 aromatic carbocycles. The van der Waals surface area contributed by atoms with Crippen molar-refractivity contribution in [2.24, 2.45) is 0 Å². The number of carboxylic acids is 2. The van der Waals surface area contributed by atoms with E-state index < -0.39 is 42.3 Å². The number of fused-ring (bicyclic) bond motifs is 2. The number of carbonyl (C=O) groups is 2. The highest BCUT2D eigenvalue weighted by molar-refractivity contribution is 7.16. The number of carboxylic acid groups (broad SMARTS) is 2. The number of thiophene rings is 1. The summed E-state index contributed by atoms with van der Waals surface area (Å²) in [6, 6.07) is 9.79. The van der Waals surface area contributed by atoms with Crippen LogP contribution in [0.5, 0.6) is 0 Å². The third-order valence-electron chi connectivity index (χ3n) is 7.71. The molecule has 2 aromatic heterocycles. The van der Waals surface area contributed by atoms with Gasteiger partial charge in [0.2, 0.25) is 0 Å². The minimum absolute atomic E-state index is 0.0538. The molecule has 5 rings (SSSR count). The van der Waals surface area contributed by atoms with Gasteiger partial charge in [0.05, 0.1) is 15.7 Å². The van der Waals surface area contributed by atoms with Crippen LogP contribution in [-0.2, 0) is 32.4 Å². The van der Waals surface area contributed by atoms with E-state index in [0.717, 1.165) is 31.0 Å². The van der Waals surface area contributed by atoms with Gasteiger partial charge in [-0.1, -0.05) is 43.6 Å². The Morgan fingerprint density at radius 1 is 1.12 bits per heavy atom. The van der Waals surface area contributed by atoms with Crippen LogP contribution in [0, 0.1) is 6.92 Å². The maximum absolute atomic E-state index is 14.4. The van der Waals surface area contributed by atoms with Gasteiger partial charge in [0.25, 0.3) is 5.92 Å². The molecule has 3 aromatic rings. The van der Waals surface area contributed by atoms with Crippen LogP contribution >= 0.6 is 22.9 Å². The summed E-state index contributed by atoms with van der Waals surface area (Å²) in [5.74, 6) is -6.10. The Balaban J connectivity index is 0.000000365. The minimum Gasteiger partial charge on any atom is -0.479 e. The lowest BCUT2D eigenvalue weighted by atomic mass is 9.84. The second-order valence-electron chi connectivity index (χ2n) is 11.0. The fraction of sp³-hybridized carbons (Fsp3) is 0.483. The van der Waals surface area contributed by atoms with Crippen molar-refractivity contribution in [1.82, 2.24) is 14.7 Å². The summed E-state index contributed by atoms with van der Waals surface area (Å²) in [4.78, 5) is 22.5. The molecule has 0 unspecified atom stereocenters. The van der Waals surface area contributed by atoms with Gasteiger partial charge in [-0.05, 0) is 43.4 Å². The van der Waals surface area contributed by atoms with Gasteiger partial charge in [-0.3, -0.25) is 4.90 Å². The predicted molar refractivity (Wildman–Crippen MR) is 155 cm³/mol. The first kappa shape index (κ1) is 33.0. The third kappa shape index (κ3) is 7.08. The maximum Gasteiger partial charge on any atom is 0.335 e. The molecule has 2 atom stereocenters. The average Bonchev–Trinajstić information content (AvgIpc) is 3.55. The smallest absolute Gasteiger partial charge is 0.335 e. The fourth-order valence-corrected chi connectivity index (χ4v) is 6.74. The van der Waals surface area contributed by atoms with Crippen molar-refractivity contribution < 1.29 is 43.5 Å². The number of hydrogen-bond acceptors (Lipinski definition) is 8. The van der Waals surface area contributed by atoms with Gasteiger partial charge in [0.1, 0.15) is 12.2 Å². The molecule has 4 N–H and O–H groups in total. The van der Waals surface area contributed by atoms with E-state index in [9.17, 15) is 18.4 Å². The highest BCUT2D eigenvalue weighted by Crippen LogP contribution is 2.52. The number of para-hydroxylation sites is 1. The van der Waals surface area contributed by atoms with Crippen molar-refractivity contribution in [2.75, 3.05) is 19.7 Å². The Labute approximate surface area is 256 Å². The zero-order valence-electron chi connectivity index (χ0n) is 23.8. The molecule has 10 nitrogen and oxygen atoms in total. The molecule has 0 amide bonds. The third-order valence-corrected chi connectivity index (χ3v) is 9.16. The van der Waals surface area contributed by atoms with Crippen molar-refractivity contribution in [3.05, 3.63) is 68.1 Å². The highest BCUT2D eigenvalue weighted by atomic mass is 35.5. The van der Waals surface area contributed by atoms with Gasteiger partial charge in [-0.2, -0.15) is 13.9 Å². The highest BCUT2D eigenvalue weighted by Gasteiger charge is 2.51. The number of hydrogen-bond donors (Lipinski definition) is 4. The molecule has 1 spiro atoms. The zero-order valence-corrected chi connectivity index (χ0v) is 25.4. The van der Waals surface area contributed by atoms with Gasteiger partial charge < -0.3 is 25.2 Å². The summed E-state index contributed by atoms with van der Waals surface area (Å²) < 4.78 is 37.0. The van der Waals surface area contributed by atoms with Crippen molar-refractivity contribution in [2.45, 2.75) is 69.8 Å². The SMILES string of the molecule is Cc1nn(-c2ccccc2C(C)C)cc1CN1CCC2(CC1)OCC(F)(F)c1cc(Cl)sc12.O=C(O)[C@H](O)[C@@H](O)C(=O)O. The quantitative estimate of drug-likeness (QED) is 0.293. The van der Waals surface area contributed by atoms with Gasteiger partial charge in [-0.25, -0.2) is 14.3 Å². The van der Waals surface area contributed by atoms with E-state index >= 15 is 0 Å². The van der Waals surface area contributed by atoms with Crippen LogP contribution in [0.2, 0.25) is 4.34 Å². The molecule has 4 heterocycles. The van der Waals surface area contributed by atoms with Gasteiger partial charge in [-0.15, -0.1) is 11.3 Å². The van der Waals surface area contributed by atoms with E-state index in [1.807, 2.05) is 17.7 Å². The van der Waals surface area contributed by atoms with Crippen LogP contribution in [-0.4, -0.2) is 78.9 Å². The normalized spacial score (nSPS) is 18.9. The van der Waals surface area contributed by atoms with Crippen LogP contribution in [0.25, 0.3) is 5.69 Å². The van der Waals surface area contributed by atoms with Crippen molar-refractivity contribution in [3.63, 3.8) is 0 Å². The molecule has 43 heavy (non-hydrogen) atoms. The summed E-state index contributed by atoms with van der Waals surface area (Å²) in [5.41, 5.74) is 3.97. The first-order valence-corrected chi connectivity index (χ1v) is 14.9. The second kappa shape index (κ2) is 13.0. The number of halogens is 3. The number of nitrogens with zero attached hydrogens (tertiary/aromatic N) is 3. The van der Waals surface area contributed by atoms with Crippen LogP contribution in [0.1, 0.15) is 59.9 Å². The molecule has 0 bridgehead atoms. The lowest BCUT2D eigenvalue weighted by Crippen LogP contribution is -2.48. The number of piperidine rings is 1. The summed E-state index contributed by atoms with van der Waals surface area (Å²) in [6.07, 6.45) is -1.06. The molecule has 0 saturated carbocycles.